The minimum atomic E-state index is -0.0942. The summed E-state index contributed by atoms with van der Waals surface area (Å²) in [5, 5.41) is 0. The van der Waals surface area contributed by atoms with Gasteiger partial charge in [0.15, 0.2) is 11.5 Å². The molecule has 0 radical (unpaired) electrons. The highest BCUT2D eigenvalue weighted by Crippen LogP contribution is 2.29. The number of unbranched alkanes of at least 4 members (excludes halogenated alkanes) is 2. The Balaban J connectivity index is 1.44. The van der Waals surface area contributed by atoms with Crippen LogP contribution in [0.5, 0.6) is 11.5 Å². The van der Waals surface area contributed by atoms with Crippen LogP contribution >= 0.6 is 0 Å². The van der Waals surface area contributed by atoms with E-state index in [0.29, 0.717) is 42.3 Å². The summed E-state index contributed by atoms with van der Waals surface area (Å²) in [6.45, 7) is 3.07. The minimum Gasteiger partial charge on any atom is -0.493 e. The lowest BCUT2D eigenvalue weighted by molar-refractivity contribution is -0.132. The van der Waals surface area contributed by atoms with Crippen LogP contribution in [0.1, 0.15) is 66.3 Å². The quantitative estimate of drug-likeness (QED) is 0.228. The smallest absolute Gasteiger partial charge is 0.254 e. The normalized spacial score (nSPS) is 12.7. The zero-order valence-corrected chi connectivity index (χ0v) is 23.4. The van der Waals surface area contributed by atoms with Crippen LogP contribution < -0.4 is 9.47 Å². The lowest BCUT2D eigenvalue weighted by atomic mass is 10.0. The van der Waals surface area contributed by atoms with E-state index < -0.39 is 0 Å². The molecule has 1 aliphatic carbocycles. The van der Waals surface area contributed by atoms with E-state index in [1.54, 1.807) is 30.3 Å². The van der Waals surface area contributed by atoms with E-state index >= 15 is 0 Å². The number of carbonyl (C=O) groups excluding carboxylic acids is 2. The Bertz CT molecular complexity index is 1200. The molecule has 0 atom stereocenters. The van der Waals surface area contributed by atoms with Crippen LogP contribution in [0.25, 0.3) is 0 Å². The van der Waals surface area contributed by atoms with Crippen LogP contribution in [0.4, 0.5) is 0 Å². The Kier molecular flexibility index (Phi) is 10.1. The van der Waals surface area contributed by atoms with E-state index in [1.807, 2.05) is 54.6 Å². The van der Waals surface area contributed by atoms with Crippen molar-refractivity contribution in [2.24, 2.45) is 0 Å². The maximum atomic E-state index is 13.6. The molecule has 0 aliphatic heterocycles. The molecule has 0 spiro atoms. The average Bonchev–Trinajstić information content (AvgIpc) is 3.68. The van der Waals surface area contributed by atoms with Gasteiger partial charge in [-0.25, -0.2) is 0 Å². The Morgan fingerprint density at radius 3 is 2.31 bits per heavy atom. The topological polar surface area (TPSA) is 72.2 Å². The fourth-order valence-electron chi connectivity index (χ4n) is 4.74. The van der Waals surface area contributed by atoms with Gasteiger partial charge in [0, 0.05) is 18.2 Å². The number of methoxy groups -OCH3 is 2. The van der Waals surface area contributed by atoms with Crippen molar-refractivity contribution in [3.05, 3.63) is 83.3 Å². The van der Waals surface area contributed by atoms with Gasteiger partial charge in [-0.3, -0.25) is 9.59 Å². The van der Waals surface area contributed by atoms with Crippen molar-refractivity contribution >= 4 is 11.8 Å². The van der Waals surface area contributed by atoms with Gasteiger partial charge in [0.05, 0.1) is 27.0 Å². The summed E-state index contributed by atoms with van der Waals surface area (Å²) >= 11 is 0. The summed E-state index contributed by atoms with van der Waals surface area (Å²) in [6, 6.07) is 17.5. The lowest BCUT2D eigenvalue weighted by Gasteiger charge is -2.27. The van der Waals surface area contributed by atoms with Crippen LogP contribution in [0.2, 0.25) is 0 Å². The third-order valence-corrected chi connectivity index (χ3v) is 7.22. The Hall–Kier alpha value is -3.74. The van der Waals surface area contributed by atoms with Gasteiger partial charge in [0.1, 0.15) is 12.3 Å². The van der Waals surface area contributed by atoms with Crippen LogP contribution in [-0.2, 0) is 24.2 Å². The van der Waals surface area contributed by atoms with Gasteiger partial charge in [0.2, 0.25) is 5.91 Å². The number of carbonyl (C=O) groups is 2. The van der Waals surface area contributed by atoms with Crippen molar-refractivity contribution in [2.75, 3.05) is 27.3 Å². The lowest BCUT2D eigenvalue weighted by Crippen LogP contribution is -2.44. The van der Waals surface area contributed by atoms with Crippen LogP contribution in [0.3, 0.4) is 0 Å². The summed E-state index contributed by atoms with van der Waals surface area (Å²) in [5.41, 5.74) is 2.91. The molecule has 1 fully saturated rings. The zero-order valence-electron chi connectivity index (χ0n) is 23.4. The molecule has 1 saturated carbocycles. The molecule has 1 aromatic heterocycles. The van der Waals surface area contributed by atoms with Crippen molar-refractivity contribution < 1.29 is 23.5 Å². The third-order valence-electron chi connectivity index (χ3n) is 7.22. The van der Waals surface area contributed by atoms with Crippen LogP contribution in [0.15, 0.2) is 65.3 Å². The summed E-state index contributed by atoms with van der Waals surface area (Å²) in [5.74, 6) is 1.85. The average molecular weight is 533 g/mol. The number of hydrogen-bond donors (Lipinski definition) is 0. The summed E-state index contributed by atoms with van der Waals surface area (Å²) in [4.78, 5) is 30.7. The predicted molar refractivity (Wildman–Crippen MR) is 151 cm³/mol. The van der Waals surface area contributed by atoms with Gasteiger partial charge < -0.3 is 23.7 Å². The van der Waals surface area contributed by atoms with Gasteiger partial charge in [-0.05, 0) is 79.6 Å². The fourth-order valence-corrected chi connectivity index (χ4v) is 4.74. The monoisotopic (exact) mass is 532 g/mol. The molecule has 4 rings (SSSR count). The van der Waals surface area contributed by atoms with Gasteiger partial charge >= 0.3 is 0 Å². The first-order valence-electron chi connectivity index (χ1n) is 13.9. The number of rotatable bonds is 15. The molecule has 7 heteroatoms. The first-order chi connectivity index (χ1) is 19.0. The van der Waals surface area contributed by atoms with E-state index in [1.165, 1.54) is 18.4 Å². The van der Waals surface area contributed by atoms with Crippen molar-refractivity contribution in [1.29, 1.82) is 0 Å². The highest BCUT2D eigenvalue weighted by molar-refractivity contribution is 5.97. The van der Waals surface area contributed by atoms with Gasteiger partial charge in [-0.2, -0.15) is 0 Å². The molecule has 0 N–H and O–H groups in total. The second kappa shape index (κ2) is 13.9. The van der Waals surface area contributed by atoms with E-state index in [-0.39, 0.29) is 24.4 Å². The highest BCUT2D eigenvalue weighted by Gasteiger charge is 2.35. The molecule has 2 amide bonds. The largest absolute Gasteiger partial charge is 0.493 e. The first-order valence-corrected chi connectivity index (χ1v) is 13.9. The molecular formula is C32H40N2O5. The minimum absolute atomic E-state index is 0.0500. The first kappa shape index (κ1) is 28.3. The predicted octanol–water partition coefficient (Wildman–Crippen LogP) is 5.91. The molecule has 39 heavy (non-hydrogen) atoms. The highest BCUT2D eigenvalue weighted by atomic mass is 16.5. The number of amides is 2. The number of hydrogen-bond acceptors (Lipinski definition) is 5. The number of aryl methyl sites for hydroxylation is 1. The molecule has 1 heterocycles. The molecule has 0 saturated heterocycles. The Morgan fingerprint density at radius 2 is 1.67 bits per heavy atom. The Morgan fingerprint density at radius 1 is 0.923 bits per heavy atom. The molecule has 1 aliphatic rings. The number of nitrogens with zero attached hydrogens (tertiary/aromatic N) is 2. The molecular weight excluding hydrogens is 492 g/mol. The zero-order chi connectivity index (χ0) is 27.6. The second-order valence-corrected chi connectivity index (χ2v) is 10.2. The maximum Gasteiger partial charge on any atom is 0.254 e. The molecule has 2 aromatic carbocycles. The van der Waals surface area contributed by atoms with Crippen molar-refractivity contribution in [1.82, 2.24) is 9.80 Å². The second-order valence-electron chi connectivity index (χ2n) is 10.2. The van der Waals surface area contributed by atoms with E-state index in [9.17, 15) is 9.59 Å². The third kappa shape index (κ3) is 7.88. The number of benzene rings is 2. The number of ether oxygens (including phenoxy) is 2. The molecule has 0 unspecified atom stereocenters. The van der Waals surface area contributed by atoms with E-state index in [2.05, 4.69) is 6.92 Å². The summed E-state index contributed by atoms with van der Waals surface area (Å²) < 4.78 is 16.3. The van der Waals surface area contributed by atoms with Crippen LogP contribution in [0, 0.1) is 0 Å². The molecule has 0 bridgehead atoms. The van der Waals surface area contributed by atoms with Crippen molar-refractivity contribution in [3.63, 3.8) is 0 Å². The van der Waals surface area contributed by atoms with E-state index in [0.717, 1.165) is 31.2 Å². The van der Waals surface area contributed by atoms with Gasteiger partial charge in [-0.15, -0.1) is 0 Å². The molecule has 3 aromatic rings. The van der Waals surface area contributed by atoms with Crippen LogP contribution in [-0.4, -0.2) is 55.0 Å². The summed E-state index contributed by atoms with van der Waals surface area (Å²) in [7, 11) is 3.22. The van der Waals surface area contributed by atoms with Crippen molar-refractivity contribution in [2.45, 2.75) is 64.5 Å². The van der Waals surface area contributed by atoms with Gasteiger partial charge in [0.25, 0.3) is 5.91 Å². The molecule has 7 nitrogen and oxygen atoms in total. The SMILES string of the molecule is CCCCCc1ccc(C(=O)N(CC(=O)N(CCc2ccc(OC)c(OC)c2)Cc2ccco2)C2CC2)cc1. The summed E-state index contributed by atoms with van der Waals surface area (Å²) in [6.07, 6.45) is 8.67. The Labute approximate surface area is 231 Å². The van der Waals surface area contributed by atoms with Gasteiger partial charge in [-0.1, -0.05) is 38.0 Å². The number of furan rings is 1. The maximum absolute atomic E-state index is 13.6. The standard InChI is InChI=1S/C32H40N2O5/c1-4-5-6-8-24-10-13-26(14-11-24)32(36)34(27-15-16-27)23-31(35)33(22-28-9-7-20-39-28)19-18-25-12-17-29(37-2)30(21-25)38-3/h7,9-14,17,20-21,27H,4-6,8,15-16,18-19,22-23H2,1-3H3. The molecule has 208 valence electrons. The van der Waals surface area contributed by atoms with E-state index in [4.69, 9.17) is 13.9 Å². The fraction of sp³-hybridized carbons (Fsp3) is 0.438. The van der Waals surface area contributed by atoms with Crippen molar-refractivity contribution in [3.8, 4) is 11.5 Å².